The zero-order valence-corrected chi connectivity index (χ0v) is 16.0. The normalized spacial score (nSPS) is 10.4. The number of aromatic nitrogens is 2. The maximum atomic E-state index is 5.35. The first kappa shape index (κ1) is 18.5. The number of ether oxygens (including phenoxy) is 2. The van der Waals surface area contributed by atoms with Crippen molar-refractivity contribution in [1.82, 2.24) is 9.97 Å². The Kier molecular flexibility index (Phi) is 5.76. The topological polar surface area (TPSA) is 68.3 Å². The van der Waals surface area contributed by atoms with Gasteiger partial charge in [-0.15, -0.1) is 0 Å². The molecule has 0 saturated heterocycles. The van der Waals surface area contributed by atoms with Crippen LogP contribution < -0.4 is 20.1 Å². The highest BCUT2D eigenvalue weighted by molar-refractivity contribution is 5.62. The van der Waals surface area contributed by atoms with Crippen LogP contribution in [0.3, 0.4) is 0 Å². The fraction of sp³-hybridized carbons (Fsp3) is 0.238. The molecule has 0 saturated carbocycles. The third kappa shape index (κ3) is 4.67. The van der Waals surface area contributed by atoms with E-state index < -0.39 is 0 Å². The van der Waals surface area contributed by atoms with Gasteiger partial charge in [-0.3, -0.25) is 0 Å². The summed E-state index contributed by atoms with van der Waals surface area (Å²) in [6.45, 7) is 4.77. The first-order valence-corrected chi connectivity index (χ1v) is 8.70. The fourth-order valence-corrected chi connectivity index (χ4v) is 2.80. The Hall–Kier alpha value is -3.28. The number of aryl methyl sites for hydroxylation is 2. The van der Waals surface area contributed by atoms with Gasteiger partial charge in [-0.05, 0) is 43.2 Å². The molecule has 3 aromatic rings. The minimum absolute atomic E-state index is 0.611. The number of anilines is 3. The Balaban J connectivity index is 1.69. The second-order valence-electron chi connectivity index (χ2n) is 6.27. The molecule has 140 valence electrons. The lowest BCUT2D eigenvalue weighted by molar-refractivity contribution is 0.354. The van der Waals surface area contributed by atoms with Crippen LogP contribution >= 0.6 is 0 Å². The van der Waals surface area contributed by atoms with E-state index in [2.05, 4.69) is 52.6 Å². The molecule has 2 N–H and O–H groups in total. The summed E-state index contributed by atoms with van der Waals surface area (Å²) >= 11 is 0. The number of nitrogens with zero attached hydrogens (tertiary/aromatic N) is 2. The van der Waals surface area contributed by atoms with Gasteiger partial charge >= 0.3 is 0 Å². The van der Waals surface area contributed by atoms with Gasteiger partial charge in [0.2, 0.25) is 0 Å². The predicted octanol–water partition coefficient (Wildman–Crippen LogP) is 4.47. The molecule has 0 amide bonds. The highest BCUT2D eigenvalue weighted by Crippen LogP contribution is 2.28. The van der Waals surface area contributed by atoms with Crippen molar-refractivity contribution < 1.29 is 9.47 Å². The first-order chi connectivity index (χ1) is 13.1. The fourth-order valence-electron chi connectivity index (χ4n) is 2.80. The average Bonchev–Trinajstić information content (AvgIpc) is 2.68. The van der Waals surface area contributed by atoms with Crippen molar-refractivity contribution in [2.45, 2.75) is 20.4 Å². The molecule has 0 aliphatic carbocycles. The van der Waals surface area contributed by atoms with E-state index >= 15 is 0 Å². The standard InChI is InChI=1S/C21H24N4O2/c1-14-5-7-17(15(2)9-14)25-21-11-20(23-13-24-21)22-12-16-6-8-18(26-3)19(10-16)27-4/h5-11,13H,12H2,1-4H3,(H2,22,23,24,25). The van der Waals surface area contributed by atoms with E-state index in [-0.39, 0.29) is 0 Å². The van der Waals surface area contributed by atoms with E-state index in [0.717, 1.165) is 22.9 Å². The molecule has 0 spiro atoms. The van der Waals surface area contributed by atoms with Crippen LogP contribution in [0, 0.1) is 13.8 Å². The maximum absolute atomic E-state index is 5.35. The van der Waals surface area contributed by atoms with Crippen molar-refractivity contribution in [2.75, 3.05) is 24.9 Å². The van der Waals surface area contributed by atoms with Gasteiger partial charge in [0.05, 0.1) is 14.2 Å². The second kappa shape index (κ2) is 8.40. The summed E-state index contributed by atoms with van der Waals surface area (Å²) in [5.41, 5.74) is 4.51. The van der Waals surface area contributed by atoms with Gasteiger partial charge in [0.15, 0.2) is 11.5 Å². The van der Waals surface area contributed by atoms with Crippen molar-refractivity contribution in [2.24, 2.45) is 0 Å². The zero-order chi connectivity index (χ0) is 19.2. The minimum atomic E-state index is 0.611. The van der Waals surface area contributed by atoms with Crippen molar-refractivity contribution >= 4 is 17.3 Å². The highest BCUT2D eigenvalue weighted by Gasteiger charge is 2.06. The summed E-state index contributed by atoms with van der Waals surface area (Å²) < 4.78 is 10.6. The molecular formula is C21H24N4O2. The van der Waals surface area contributed by atoms with Crippen molar-refractivity contribution in [3.8, 4) is 11.5 Å². The molecule has 0 unspecified atom stereocenters. The van der Waals surface area contributed by atoms with Crippen molar-refractivity contribution in [3.63, 3.8) is 0 Å². The lowest BCUT2D eigenvalue weighted by Gasteiger charge is -2.12. The lowest BCUT2D eigenvalue weighted by Crippen LogP contribution is -2.04. The number of hydrogen-bond donors (Lipinski definition) is 2. The number of nitrogens with one attached hydrogen (secondary N) is 2. The molecule has 6 nitrogen and oxygen atoms in total. The Morgan fingerprint density at radius 3 is 2.37 bits per heavy atom. The Bertz CT molecular complexity index is 928. The van der Waals surface area contributed by atoms with Gasteiger partial charge in [0.25, 0.3) is 0 Å². The number of benzene rings is 2. The monoisotopic (exact) mass is 364 g/mol. The molecule has 1 heterocycles. The zero-order valence-electron chi connectivity index (χ0n) is 16.0. The molecule has 0 aliphatic heterocycles. The van der Waals surface area contributed by atoms with Gasteiger partial charge in [0, 0.05) is 18.3 Å². The molecule has 3 rings (SSSR count). The van der Waals surface area contributed by atoms with Crippen LogP contribution in [0.1, 0.15) is 16.7 Å². The molecule has 1 aromatic heterocycles. The van der Waals surface area contributed by atoms with Crippen LogP contribution in [0.25, 0.3) is 0 Å². The van der Waals surface area contributed by atoms with Gasteiger partial charge in [-0.2, -0.15) is 0 Å². The molecule has 0 bridgehead atoms. The van der Waals surface area contributed by atoms with E-state index in [9.17, 15) is 0 Å². The highest BCUT2D eigenvalue weighted by atomic mass is 16.5. The molecular weight excluding hydrogens is 340 g/mol. The van der Waals surface area contributed by atoms with Crippen LogP contribution in [0.5, 0.6) is 11.5 Å². The molecule has 0 aliphatic rings. The predicted molar refractivity (Wildman–Crippen MR) is 108 cm³/mol. The minimum Gasteiger partial charge on any atom is -0.493 e. The van der Waals surface area contributed by atoms with Crippen LogP contribution in [0.15, 0.2) is 48.8 Å². The number of rotatable bonds is 7. The Labute approximate surface area is 159 Å². The number of hydrogen-bond acceptors (Lipinski definition) is 6. The van der Waals surface area contributed by atoms with Gasteiger partial charge in [0.1, 0.15) is 18.0 Å². The van der Waals surface area contributed by atoms with E-state index in [4.69, 9.17) is 9.47 Å². The van der Waals surface area contributed by atoms with Crippen LogP contribution in [-0.2, 0) is 6.54 Å². The van der Waals surface area contributed by atoms with Gasteiger partial charge in [-0.1, -0.05) is 23.8 Å². The molecule has 0 fully saturated rings. The van der Waals surface area contributed by atoms with Crippen LogP contribution in [0.2, 0.25) is 0 Å². The van der Waals surface area contributed by atoms with Gasteiger partial charge in [-0.25, -0.2) is 9.97 Å². The molecule has 27 heavy (non-hydrogen) atoms. The summed E-state index contributed by atoms with van der Waals surface area (Å²) in [5, 5.41) is 6.66. The molecule has 6 heteroatoms. The summed E-state index contributed by atoms with van der Waals surface area (Å²) in [5.74, 6) is 2.90. The molecule has 2 aromatic carbocycles. The van der Waals surface area contributed by atoms with Crippen molar-refractivity contribution in [1.29, 1.82) is 0 Å². The third-order valence-electron chi connectivity index (χ3n) is 4.23. The SMILES string of the molecule is COc1ccc(CNc2cc(Nc3ccc(C)cc3C)ncn2)cc1OC. The number of methoxy groups -OCH3 is 2. The summed E-state index contributed by atoms with van der Waals surface area (Å²) in [6.07, 6.45) is 1.54. The van der Waals surface area contributed by atoms with Crippen LogP contribution in [0.4, 0.5) is 17.3 Å². The smallest absolute Gasteiger partial charge is 0.161 e. The largest absolute Gasteiger partial charge is 0.493 e. The third-order valence-corrected chi connectivity index (χ3v) is 4.23. The summed E-state index contributed by atoms with van der Waals surface area (Å²) in [4.78, 5) is 8.60. The maximum Gasteiger partial charge on any atom is 0.161 e. The quantitative estimate of drug-likeness (QED) is 0.645. The Morgan fingerprint density at radius 1 is 0.852 bits per heavy atom. The molecule has 0 atom stereocenters. The second-order valence-corrected chi connectivity index (χ2v) is 6.27. The van der Waals surface area contributed by atoms with E-state index in [1.807, 2.05) is 24.3 Å². The van der Waals surface area contributed by atoms with E-state index in [1.54, 1.807) is 20.5 Å². The van der Waals surface area contributed by atoms with E-state index in [0.29, 0.717) is 18.0 Å². The summed E-state index contributed by atoms with van der Waals surface area (Å²) in [6, 6.07) is 14.0. The van der Waals surface area contributed by atoms with E-state index in [1.165, 1.54) is 11.1 Å². The van der Waals surface area contributed by atoms with Gasteiger partial charge < -0.3 is 20.1 Å². The van der Waals surface area contributed by atoms with Crippen molar-refractivity contribution in [3.05, 3.63) is 65.5 Å². The Morgan fingerprint density at radius 2 is 1.63 bits per heavy atom. The molecule has 0 radical (unpaired) electrons. The lowest BCUT2D eigenvalue weighted by atomic mass is 10.1. The summed E-state index contributed by atoms with van der Waals surface area (Å²) in [7, 11) is 3.26. The average molecular weight is 364 g/mol. The first-order valence-electron chi connectivity index (χ1n) is 8.70. The van der Waals surface area contributed by atoms with Crippen LogP contribution in [-0.4, -0.2) is 24.2 Å².